The molecule has 0 amide bonds. The Morgan fingerprint density at radius 3 is 1.23 bits per heavy atom. The van der Waals surface area contributed by atoms with Crippen molar-refractivity contribution >= 4 is 33.4 Å². The van der Waals surface area contributed by atoms with Crippen LogP contribution in [0.1, 0.15) is 0 Å². The molecule has 40 heavy (non-hydrogen) atoms. The average molecular weight is 525 g/mol. The van der Waals surface area contributed by atoms with Gasteiger partial charge in [0.15, 0.2) is 0 Å². The Kier molecular flexibility index (Phi) is 5.56. The molecule has 0 atom stereocenters. The highest BCUT2D eigenvalue weighted by Gasteiger charge is 2.09. The summed E-state index contributed by atoms with van der Waals surface area (Å²) in [6, 6.07) is 34.3. The number of benzene rings is 5. The van der Waals surface area contributed by atoms with Gasteiger partial charge < -0.3 is 30.9 Å². The van der Waals surface area contributed by atoms with E-state index in [4.69, 9.17) is 30.9 Å². The Morgan fingerprint density at radius 2 is 0.825 bits per heavy atom. The molecule has 8 nitrogen and oxygen atoms in total. The topological polar surface area (TPSA) is 128 Å². The first-order valence-corrected chi connectivity index (χ1v) is 12.7. The number of imidazole rings is 2. The Hall–Kier alpha value is -5.76. The minimum Gasteiger partial charge on any atom is -0.457 e. The number of hydrogen-bond acceptors (Lipinski definition) is 6. The van der Waals surface area contributed by atoms with Crippen molar-refractivity contribution in [1.29, 1.82) is 0 Å². The van der Waals surface area contributed by atoms with Gasteiger partial charge in [0.05, 0.1) is 22.1 Å². The van der Waals surface area contributed by atoms with Gasteiger partial charge in [-0.2, -0.15) is 0 Å². The SMILES string of the molecule is Nc1ccc(-c2nc3cc(Oc4ccc(Oc5ccc6[nH]c(-c7ccc(N)cc7)nc6c5)cc4)ccc3[nH]2)cc1. The van der Waals surface area contributed by atoms with E-state index in [1.807, 2.05) is 109 Å². The summed E-state index contributed by atoms with van der Waals surface area (Å²) in [5, 5.41) is 0. The average Bonchev–Trinajstić information content (AvgIpc) is 3.59. The monoisotopic (exact) mass is 524 g/mol. The lowest BCUT2D eigenvalue weighted by atomic mass is 10.2. The molecule has 0 spiro atoms. The maximum Gasteiger partial charge on any atom is 0.138 e. The van der Waals surface area contributed by atoms with Crippen LogP contribution < -0.4 is 20.9 Å². The van der Waals surface area contributed by atoms with Gasteiger partial charge in [-0.15, -0.1) is 0 Å². The normalized spacial score (nSPS) is 11.2. The third kappa shape index (κ3) is 4.65. The van der Waals surface area contributed by atoms with Crippen LogP contribution in [-0.4, -0.2) is 19.9 Å². The molecule has 7 rings (SSSR count). The second-order valence-corrected chi connectivity index (χ2v) is 9.45. The molecule has 0 aliphatic carbocycles. The molecule has 0 unspecified atom stereocenters. The van der Waals surface area contributed by atoms with Crippen LogP contribution in [-0.2, 0) is 0 Å². The zero-order chi connectivity index (χ0) is 27.1. The number of H-pyrrole nitrogens is 2. The van der Waals surface area contributed by atoms with Crippen molar-refractivity contribution in [1.82, 2.24) is 19.9 Å². The number of nitrogens with zero attached hydrogens (tertiary/aromatic N) is 2. The zero-order valence-electron chi connectivity index (χ0n) is 21.3. The summed E-state index contributed by atoms with van der Waals surface area (Å²) in [4.78, 5) is 16.1. The zero-order valence-corrected chi connectivity index (χ0v) is 21.3. The van der Waals surface area contributed by atoms with E-state index in [9.17, 15) is 0 Å². The largest absolute Gasteiger partial charge is 0.457 e. The van der Waals surface area contributed by atoms with Crippen LogP contribution in [0.3, 0.4) is 0 Å². The first-order valence-electron chi connectivity index (χ1n) is 12.7. The Morgan fingerprint density at radius 1 is 0.450 bits per heavy atom. The molecule has 0 aliphatic rings. The fourth-order valence-corrected chi connectivity index (χ4v) is 4.50. The van der Waals surface area contributed by atoms with Gasteiger partial charge in [0.25, 0.3) is 0 Å². The third-order valence-electron chi connectivity index (χ3n) is 6.57. The van der Waals surface area contributed by atoms with Crippen molar-refractivity contribution in [3.8, 4) is 45.8 Å². The van der Waals surface area contributed by atoms with Crippen LogP contribution in [0.2, 0.25) is 0 Å². The summed E-state index contributed by atoms with van der Waals surface area (Å²) < 4.78 is 12.2. The second kappa shape index (κ2) is 9.52. The minimum atomic E-state index is 0.692. The number of nitrogen functional groups attached to an aromatic ring is 2. The molecule has 0 aliphatic heterocycles. The van der Waals surface area contributed by atoms with Gasteiger partial charge in [-0.25, -0.2) is 9.97 Å². The molecule has 2 aromatic heterocycles. The van der Waals surface area contributed by atoms with E-state index in [-0.39, 0.29) is 0 Å². The van der Waals surface area contributed by atoms with E-state index in [1.165, 1.54) is 0 Å². The lowest BCUT2D eigenvalue weighted by Crippen LogP contribution is -1.87. The summed E-state index contributed by atoms with van der Waals surface area (Å²) in [5.41, 5.74) is 18.5. The van der Waals surface area contributed by atoms with Gasteiger partial charge in [-0.1, -0.05) is 0 Å². The molecule has 5 aromatic carbocycles. The van der Waals surface area contributed by atoms with Gasteiger partial charge in [-0.05, 0) is 97.1 Å². The molecule has 7 aromatic rings. The quantitative estimate of drug-likeness (QED) is 0.167. The molecule has 2 heterocycles. The van der Waals surface area contributed by atoms with Crippen LogP contribution in [0.5, 0.6) is 23.0 Å². The Bertz CT molecular complexity index is 1810. The molecule has 0 saturated carbocycles. The Balaban J connectivity index is 1.05. The lowest BCUT2D eigenvalue weighted by Gasteiger charge is -2.08. The molecule has 0 saturated heterocycles. The lowest BCUT2D eigenvalue weighted by molar-refractivity contribution is 0.470. The minimum absolute atomic E-state index is 0.692. The van der Waals surface area contributed by atoms with E-state index < -0.39 is 0 Å². The standard InChI is InChI=1S/C32H24N6O2/c33-21-5-1-19(2-6-21)31-35-27-15-13-25(17-29(27)37-31)39-23-9-11-24(12-10-23)40-26-14-16-28-30(18-26)38-32(36-28)20-3-7-22(34)8-4-20/h1-18H,33-34H2,(H,35,37)(H,36,38). The summed E-state index contributed by atoms with van der Waals surface area (Å²) in [6.07, 6.45) is 0. The van der Waals surface area contributed by atoms with Gasteiger partial charge >= 0.3 is 0 Å². The number of nitrogens with one attached hydrogen (secondary N) is 2. The summed E-state index contributed by atoms with van der Waals surface area (Å²) in [7, 11) is 0. The molecular formula is C32H24N6O2. The highest BCUT2D eigenvalue weighted by Crippen LogP contribution is 2.31. The van der Waals surface area contributed by atoms with Crippen molar-refractivity contribution in [2.75, 3.05) is 11.5 Å². The van der Waals surface area contributed by atoms with E-state index in [0.29, 0.717) is 23.0 Å². The highest BCUT2D eigenvalue weighted by molar-refractivity contribution is 5.82. The van der Waals surface area contributed by atoms with Crippen molar-refractivity contribution in [2.24, 2.45) is 0 Å². The predicted molar refractivity (Wildman–Crippen MR) is 158 cm³/mol. The summed E-state index contributed by atoms with van der Waals surface area (Å²) in [6.45, 7) is 0. The molecule has 8 heteroatoms. The first kappa shape index (κ1) is 23.4. The van der Waals surface area contributed by atoms with Crippen LogP contribution in [0.4, 0.5) is 11.4 Å². The molecule has 0 fully saturated rings. The molecule has 0 radical (unpaired) electrons. The van der Waals surface area contributed by atoms with Crippen LogP contribution >= 0.6 is 0 Å². The Labute approximate surface area is 229 Å². The second-order valence-electron chi connectivity index (χ2n) is 9.45. The van der Waals surface area contributed by atoms with Crippen LogP contribution in [0.25, 0.3) is 44.8 Å². The predicted octanol–water partition coefficient (Wildman–Crippen LogP) is 7.52. The first-order chi connectivity index (χ1) is 19.6. The van der Waals surface area contributed by atoms with Gasteiger partial charge in [-0.3, -0.25) is 0 Å². The van der Waals surface area contributed by atoms with Gasteiger partial charge in [0.2, 0.25) is 0 Å². The van der Waals surface area contributed by atoms with Crippen LogP contribution in [0, 0.1) is 0 Å². The molecular weight excluding hydrogens is 500 g/mol. The molecule has 194 valence electrons. The smallest absolute Gasteiger partial charge is 0.138 e. The van der Waals surface area contributed by atoms with E-state index >= 15 is 0 Å². The number of fused-ring (bicyclic) bond motifs is 2. The van der Waals surface area contributed by atoms with Crippen molar-refractivity contribution < 1.29 is 9.47 Å². The summed E-state index contributed by atoms with van der Waals surface area (Å²) >= 11 is 0. The molecule has 6 N–H and O–H groups in total. The molecule has 0 bridgehead atoms. The van der Waals surface area contributed by atoms with E-state index in [1.54, 1.807) is 0 Å². The highest BCUT2D eigenvalue weighted by atomic mass is 16.5. The third-order valence-corrected chi connectivity index (χ3v) is 6.57. The maximum absolute atomic E-state index is 6.08. The van der Waals surface area contributed by atoms with E-state index in [0.717, 1.165) is 56.2 Å². The fourth-order valence-electron chi connectivity index (χ4n) is 4.50. The number of ether oxygens (including phenoxy) is 2. The maximum atomic E-state index is 6.08. The number of aromatic nitrogens is 4. The number of aromatic amines is 2. The number of hydrogen-bond donors (Lipinski definition) is 4. The summed E-state index contributed by atoms with van der Waals surface area (Å²) in [5.74, 6) is 4.33. The number of rotatable bonds is 6. The van der Waals surface area contributed by atoms with Crippen molar-refractivity contribution in [3.63, 3.8) is 0 Å². The van der Waals surface area contributed by atoms with Crippen LogP contribution in [0.15, 0.2) is 109 Å². The van der Waals surface area contributed by atoms with E-state index in [2.05, 4.69) is 9.97 Å². The van der Waals surface area contributed by atoms with Crippen molar-refractivity contribution in [3.05, 3.63) is 109 Å². The number of nitrogens with two attached hydrogens (primary N) is 2. The number of anilines is 2. The van der Waals surface area contributed by atoms with Crippen molar-refractivity contribution in [2.45, 2.75) is 0 Å². The fraction of sp³-hybridized carbons (Fsp3) is 0. The van der Waals surface area contributed by atoms with Gasteiger partial charge in [0, 0.05) is 34.6 Å². The van der Waals surface area contributed by atoms with Gasteiger partial charge in [0.1, 0.15) is 34.6 Å².